The molecule has 0 radical (unpaired) electrons. The summed E-state index contributed by atoms with van der Waals surface area (Å²) in [6, 6.07) is 0.444. The molecule has 0 aromatic heterocycles. The molecule has 1 fully saturated rings. The van der Waals surface area contributed by atoms with Crippen molar-refractivity contribution >= 4 is 5.96 Å². The molecule has 4 N–H and O–H groups in total. The Morgan fingerprint density at radius 3 is 2.47 bits per heavy atom. The van der Waals surface area contributed by atoms with E-state index in [1.807, 2.05) is 0 Å². The summed E-state index contributed by atoms with van der Waals surface area (Å²) in [5, 5.41) is 3.41. The second-order valence-electron chi connectivity index (χ2n) is 5.67. The van der Waals surface area contributed by atoms with Gasteiger partial charge in [0, 0.05) is 5.54 Å². The lowest BCUT2D eigenvalue weighted by atomic mass is 9.96. The van der Waals surface area contributed by atoms with Gasteiger partial charge in [-0.05, 0) is 33.1 Å². The van der Waals surface area contributed by atoms with E-state index in [0.29, 0.717) is 6.04 Å². The second-order valence-corrected chi connectivity index (χ2v) is 5.67. The molecule has 4 nitrogen and oxygen atoms in total. The van der Waals surface area contributed by atoms with E-state index < -0.39 is 0 Å². The lowest BCUT2D eigenvalue weighted by Gasteiger charge is -2.28. The molecule has 0 heterocycles. The van der Waals surface area contributed by atoms with Crippen LogP contribution in [-0.4, -0.2) is 17.5 Å². The van der Waals surface area contributed by atoms with Gasteiger partial charge in [0.15, 0.2) is 0 Å². The third-order valence-corrected chi connectivity index (χ3v) is 3.35. The smallest absolute Gasteiger partial charge is 0.206 e. The predicted octanol–water partition coefficient (Wildman–Crippen LogP) is 2.31. The van der Waals surface area contributed by atoms with E-state index in [4.69, 9.17) is 10.8 Å². The molecule has 1 saturated carbocycles. The van der Waals surface area contributed by atoms with Gasteiger partial charge in [0.1, 0.15) is 0 Å². The zero-order valence-corrected chi connectivity index (χ0v) is 11.6. The highest BCUT2D eigenvalue weighted by Gasteiger charge is 2.19. The first-order valence-corrected chi connectivity index (χ1v) is 6.90. The fourth-order valence-corrected chi connectivity index (χ4v) is 2.51. The molecule has 17 heavy (non-hydrogen) atoms. The average molecular weight is 240 g/mol. The summed E-state index contributed by atoms with van der Waals surface area (Å²) in [5.74, 6) is 6.30. The minimum Gasteiger partial charge on any atom is -0.350 e. The van der Waals surface area contributed by atoms with Crippen LogP contribution in [0.2, 0.25) is 0 Å². The van der Waals surface area contributed by atoms with Crippen molar-refractivity contribution in [1.82, 2.24) is 10.7 Å². The van der Waals surface area contributed by atoms with E-state index in [0.717, 1.165) is 18.8 Å². The van der Waals surface area contributed by atoms with Gasteiger partial charge in [-0.25, -0.2) is 10.8 Å². The third-order valence-electron chi connectivity index (χ3n) is 3.35. The monoisotopic (exact) mass is 240 g/mol. The largest absolute Gasteiger partial charge is 0.350 e. The summed E-state index contributed by atoms with van der Waals surface area (Å²) in [6.45, 7) is 6.56. The number of nitrogens with one attached hydrogen (secondary N) is 2. The van der Waals surface area contributed by atoms with Crippen molar-refractivity contribution in [3.8, 4) is 0 Å². The van der Waals surface area contributed by atoms with Crippen LogP contribution in [0.1, 0.15) is 65.7 Å². The zero-order chi connectivity index (χ0) is 12.7. The first-order valence-electron chi connectivity index (χ1n) is 6.90. The van der Waals surface area contributed by atoms with Crippen LogP contribution in [0.3, 0.4) is 0 Å². The van der Waals surface area contributed by atoms with Gasteiger partial charge in [0.05, 0.1) is 6.04 Å². The highest BCUT2D eigenvalue weighted by atomic mass is 15.3. The average Bonchev–Trinajstić information content (AvgIpc) is 2.29. The molecule has 0 amide bonds. The van der Waals surface area contributed by atoms with Crippen molar-refractivity contribution in [3.05, 3.63) is 0 Å². The van der Waals surface area contributed by atoms with Gasteiger partial charge >= 0.3 is 0 Å². The van der Waals surface area contributed by atoms with E-state index in [1.165, 1.54) is 32.1 Å². The highest BCUT2D eigenvalue weighted by Crippen LogP contribution is 2.20. The lowest BCUT2D eigenvalue weighted by molar-refractivity contribution is 0.406. The van der Waals surface area contributed by atoms with Crippen molar-refractivity contribution in [2.75, 3.05) is 0 Å². The molecule has 0 atom stereocenters. The Morgan fingerprint density at radius 2 is 1.94 bits per heavy atom. The molecule has 1 rings (SSSR count). The van der Waals surface area contributed by atoms with Crippen LogP contribution in [0.4, 0.5) is 0 Å². The minimum absolute atomic E-state index is 0.0502. The molecular weight excluding hydrogens is 212 g/mol. The van der Waals surface area contributed by atoms with Gasteiger partial charge in [-0.3, -0.25) is 5.43 Å². The number of rotatable bonds is 4. The highest BCUT2D eigenvalue weighted by molar-refractivity contribution is 5.80. The first-order chi connectivity index (χ1) is 8.07. The molecule has 0 aromatic rings. The van der Waals surface area contributed by atoms with Gasteiger partial charge in [-0.15, -0.1) is 0 Å². The molecule has 0 aromatic carbocycles. The lowest BCUT2D eigenvalue weighted by Crippen LogP contribution is -2.51. The Hall–Kier alpha value is -0.770. The van der Waals surface area contributed by atoms with E-state index in [1.54, 1.807) is 0 Å². The molecule has 100 valence electrons. The molecule has 0 unspecified atom stereocenters. The van der Waals surface area contributed by atoms with Crippen LogP contribution in [0.15, 0.2) is 4.99 Å². The molecule has 1 aliphatic carbocycles. The summed E-state index contributed by atoms with van der Waals surface area (Å²) in [6.07, 6.45) is 8.60. The molecule has 0 saturated heterocycles. The number of hydrazine groups is 1. The topological polar surface area (TPSA) is 62.4 Å². The van der Waals surface area contributed by atoms with Crippen LogP contribution >= 0.6 is 0 Å². The van der Waals surface area contributed by atoms with Gasteiger partial charge in [0.2, 0.25) is 5.96 Å². The van der Waals surface area contributed by atoms with Crippen molar-refractivity contribution in [1.29, 1.82) is 0 Å². The molecule has 0 spiro atoms. The van der Waals surface area contributed by atoms with Crippen molar-refractivity contribution in [2.24, 2.45) is 10.8 Å². The Morgan fingerprint density at radius 1 is 1.29 bits per heavy atom. The maximum atomic E-state index is 5.55. The number of guanidine groups is 1. The van der Waals surface area contributed by atoms with E-state index >= 15 is 0 Å². The SMILES string of the molecule is CCCC(C)(C)NC(=NC1CCCCC1)NN. The number of hydrogen-bond acceptors (Lipinski definition) is 2. The molecule has 4 heteroatoms. The number of aliphatic imine (C=N–C) groups is 1. The maximum Gasteiger partial charge on any atom is 0.206 e. The van der Waals surface area contributed by atoms with Gasteiger partial charge < -0.3 is 5.32 Å². The van der Waals surface area contributed by atoms with E-state index in [9.17, 15) is 0 Å². The summed E-state index contributed by atoms with van der Waals surface area (Å²) < 4.78 is 0. The van der Waals surface area contributed by atoms with Gasteiger partial charge in [-0.2, -0.15) is 0 Å². The minimum atomic E-state index is 0.0502. The molecule has 0 bridgehead atoms. The Bertz CT molecular complexity index is 242. The molecule has 0 aliphatic heterocycles. The molecular formula is C13H28N4. The van der Waals surface area contributed by atoms with Crippen LogP contribution in [-0.2, 0) is 0 Å². The van der Waals surface area contributed by atoms with Gasteiger partial charge in [-0.1, -0.05) is 32.6 Å². The second kappa shape index (κ2) is 6.84. The Kier molecular flexibility index (Phi) is 5.75. The predicted molar refractivity (Wildman–Crippen MR) is 73.8 cm³/mol. The third kappa shape index (κ3) is 5.39. The van der Waals surface area contributed by atoms with Crippen molar-refractivity contribution in [2.45, 2.75) is 77.3 Å². The summed E-state index contributed by atoms with van der Waals surface area (Å²) in [4.78, 5) is 4.69. The quantitative estimate of drug-likeness (QED) is 0.306. The van der Waals surface area contributed by atoms with Crippen molar-refractivity contribution in [3.63, 3.8) is 0 Å². The standard InChI is InChI=1S/C13H28N4/c1-4-10-13(2,3)16-12(17-14)15-11-8-6-5-7-9-11/h11H,4-10,14H2,1-3H3,(H2,15,16,17). The van der Waals surface area contributed by atoms with Crippen LogP contribution < -0.4 is 16.6 Å². The van der Waals surface area contributed by atoms with E-state index in [2.05, 4.69) is 31.5 Å². The number of nitrogens with zero attached hydrogens (tertiary/aromatic N) is 1. The fraction of sp³-hybridized carbons (Fsp3) is 0.923. The van der Waals surface area contributed by atoms with Crippen molar-refractivity contribution < 1.29 is 0 Å². The number of nitrogens with two attached hydrogens (primary N) is 1. The maximum absolute atomic E-state index is 5.55. The summed E-state index contributed by atoms with van der Waals surface area (Å²) in [5.41, 5.74) is 2.75. The first kappa shape index (κ1) is 14.3. The van der Waals surface area contributed by atoms with E-state index in [-0.39, 0.29) is 5.54 Å². The van der Waals surface area contributed by atoms with Crippen LogP contribution in [0, 0.1) is 0 Å². The van der Waals surface area contributed by atoms with Crippen LogP contribution in [0.5, 0.6) is 0 Å². The fourth-order valence-electron chi connectivity index (χ4n) is 2.51. The Balaban J connectivity index is 2.54. The summed E-state index contributed by atoms with van der Waals surface area (Å²) >= 11 is 0. The van der Waals surface area contributed by atoms with Crippen LogP contribution in [0.25, 0.3) is 0 Å². The number of hydrogen-bond donors (Lipinski definition) is 3. The normalized spacial score (nSPS) is 19.2. The summed E-state index contributed by atoms with van der Waals surface area (Å²) in [7, 11) is 0. The van der Waals surface area contributed by atoms with Gasteiger partial charge in [0.25, 0.3) is 0 Å². The Labute approximate surface area is 105 Å². The zero-order valence-electron chi connectivity index (χ0n) is 11.6. The molecule has 1 aliphatic rings.